The Hall–Kier alpha value is -1.51. The van der Waals surface area contributed by atoms with Crippen molar-refractivity contribution in [3.63, 3.8) is 0 Å². The van der Waals surface area contributed by atoms with Gasteiger partial charge in [-0.3, -0.25) is 0 Å². The van der Waals surface area contributed by atoms with Crippen molar-refractivity contribution in [1.82, 2.24) is 4.72 Å². The Bertz CT molecular complexity index is 503. The third-order valence-electron chi connectivity index (χ3n) is 2.12. The van der Waals surface area contributed by atoms with E-state index < -0.39 is 16.1 Å². The molecule has 0 aliphatic rings. The molecule has 1 aromatic rings. The summed E-state index contributed by atoms with van der Waals surface area (Å²) in [6.45, 7) is 1.81. The van der Waals surface area contributed by atoms with E-state index in [4.69, 9.17) is 12.2 Å². The van der Waals surface area contributed by atoms with Crippen LogP contribution in [0.25, 0.3) is 0 Å². The maximum atomic E-state index is 11.9. The van der Waals surface area contributed by atoms with Crippen molar-refractivity contribution in [2.75, 3.05) is 5.73 Å². The molecular formula is C11H14N2O2S. The molecule has 0 aliphatic carbocycles. The van der Waals surface area contributed by atoms with Crippen molar-refractivity contribution in [3.8, 4) is 12.3 Å². The minimum Gasteiger partial charge on any atom is -0.398 e. The summed E-state index contributed by atoms with van der Waals surface area (Å²) in [7, 11) is -3.63. The van der Waals surface area contributed by atoms with Crippen molar-refractivity contribution in [2.45, 2.75) is 24.3 Å². The minimum absolute atomic E-state index is 0.0590. The lowest BCUT2D eigenvalue weighted by atomic mass is 10.3. The van der Waals surface area contributed by atoms with E-state index in [1.807, 2.05) is 0 Å². The van der Waals surface area contributed by atoms with Crippen LogP contribution in [0.4, 0.5) is 5.69 Å². The smallest absolute Gasteiger partial charge is 0.243 e. The van der Waals surface area contributed by atoms with Crippen LogP contribution in [0.5, 0.6) is 0 Å². The normalized spacial score (nSPS) is 13.0. The summed E-state index contributed by atoms with van der Waals surface area (Å²) in [5, 5.41) is 0. The first-order chi connectivity index (χ1) is 7.51. The number of rotatable bonds is 4. The maximum Gasteiger partial charge on any atom is 0.243 e. The quantitative estimate of drug-likeness (QED) is 0.606. The highest BCUT2D eigenvalue weighted by atomic mass is 32.2. The monoisotopic (exact) mass is 238 g/mol. The lowest BCUT2D eigenvalue weighted by Gasteiger charge is -2.12. The van der Waals surface area contributed by atoms with Gasteiger partial charge in [0.15, 0.2) is 0 Å². The molecule has 0 radical (unpaired) electrons. The molecule has 0 heterocycles. The molecule has 0 fully saturated rings. The van der Waals surface area contributed by atoms with Gasteiger partial charge in [-0.1, -0.05) is 25.0 Å². The Morgan fingerprint density at radius 1 is 1.50 bits per heavy atom. The molecule has 0 aliphatic heterocycles. The van der Waals surface area contributed by atoms with Crippen LogP contribution in [0.15, 0.2) is 29.2 Å². The van der Waals surface area contributed by atoms with Gasteiger partial charge in [0.25, 0.3) is 0 Å². The molecule has 0 spiro atoms. The summed E-state index contributed by atoms with van der Waals surface area (Å²) in [6.07, 6.45) is 5.73. The molecule has 1 atom stereocenters. The van der Waals surface area contributed by atoms with E-state index in [1.165, 1.54) is 12.1 Å². The third kappa shape index (κ3) is 2.75. The average Bonchev–Trinajstić information content (AvgIpc) is 2.26. The highest BCUT2D eigenvalue weighted by molar-refractivity contribution is 7.89. The van der Waals surface area contributed by atoms with Crippen LogP contribution >= 0.6 is 0 Å². The van der Waals surface area contributed by atoms with Crippen LogP contribution in [0.3, 0.4) is 0 Å². The molecule has 1 rings (SSSR count). The van der Waals surface area contributed by atoms with Crippen molar-refractivity contribution in [2.24, 2.45) is 0 Å². The van der Waals surface area contributed by atoms with E-state index in [2.05, 4.69) is 10.6 Å². The van der Waals surface area contributed by atoms with Gasteiger partial charge in [-0.2, -0.15) is 4.72 Å². The summed E-state index contributed by atoms with van der Waals surface area (Å²) in [4.78, 5) is 0.0590. The van der Waals surface area contributed by atoms with Gasteiger partial charge in [-0.25, -0.2) is 8.42 Å². The maximum absolute atomic E-state index is 11.9. The predicted molar refractivity (Wildman–Crippen MR) is 64.1 cm³/mol. The van der Waals surface area contributed by atoms with Gasteiger partial charge in [0.05, 0.1) is 11.7 Å². The fraction of sp³-hybridized carbons (Fsp3) is 0.273. The average molecular weight is 238 g/mol. The van der Waals surface area contributed by atoms with E-state index >= 15 is 0 Å². The number of nitrogens with two attached hydrogens (primary N) is 1. The van der Waals surface area contributed by atoms with E-state index in [0.29, 0.717) is 6.42 Å². The number of hydrogen-bond acceptors (Lipinski definition) is 3. The molecule has 4 nitrogen and oxygen atoms in total. The highest BCUT2D eigenvalue weighted by Crippen LogP contribution is 2.17. The van der Waals surface area contributed by atoms with Gasteiger partial charge in [0.2, 0.25) is 10.0 Å². The van der Waals surface area contributed by atoms with Gasteiger partial charge in [-0.15, -0.1) is 6.42 Å². The van der Waals surface area contributed by atoms with Gasteiger partial charge in [0.1, 0.15) is 4.90 Å². The molecule has 16 heavy (non-hydrogen) atoms. The second-order valence-corrected chi connectivity index (χ2v) is 4.97. The van der Waals surface area contributed by atoms with Crippen LogP contribution in [0.1, 0.15) is 13.3 Å². The Balaban J connectivity index is 3.05. The van der Waals surface area contributed by atoms with Crippen molar-refractivity contribution >= 4 is 15.7 Å². The van der Waals surface area contributed by atoms with Crippen LogP contribution in [0, 0.1) is 12.3 Å². The Morgan fingerprint density at radius 3 is 2.62 bits per heavy atom. The number of nitrogens with one attached hydrogen (secondary N) is 1. The van der Waals surface area contributed by atoms with Crippen LogP contribution in [0.2, 0.25) is 0 Å². The molecule has 86 valence electrons. The predicted octanol–water partition coefficient (Wildman–Crippen LogP) is 0.959. The first-order valence-corrected chi connectivity index (χ1v) is 6.32. The fourth-order valence-electron chi connectivity index (χ4n) is 1.21. The first kappa shape index (κ1) is 12.6. The number of anilines is 1. The van der Waals surface area contributed by atoms with Gasteiger partial charge >= 0.3 is 0 Å². The zero-order valence-electron chi connectivity index (χ0n) is 8.97. The second kappa shape index (κ2) is 5.01. The molecule has 0 bridgehead atoms. The zero-order valence-corrected chi connectivity index (χ0v) is 9.79. The number of para-hydroxylation sites is 1. The lowest BCUT2D eigenvalue weighted by molar-refractivity contribution is 0.571. The third-order valence-corrected chi connectivity index (χ3v) is 3.66. The highest BCUT2D eigenvalue weighted by Gasteiger charge is 2.19. The molecule has 1 unspecified atom stereocenters. The number of hydrogen-bond donors (Lipinski definition) is 2. The second-order valence-electron chi connectivity index (χ2n) is 3.29. The Morgan fingerprint density at radius 2 is 2.12 bits per heavy atom. The molecule has 5 heteroatoms. The Labute approximate surface area is 95.9 Å². The largest absolute Gasteiger partial charge is 0.398 e. The SMILES string of the molecule is C#CC(CC)NS(=O)(=O)c1ccccc1N. The molecule has 0 saturated heterocycles. The standard InChI is InChI=1S/C11H14N2O2S/c1-3-9(4-2)13-16(14,15)11-8-6-5-7-10(11)12/h1,5-9,13H,4,12H2,2H3. The lowest BCUT2D eigenvalue weighted by Crippen LogP contribution is -2.33. The zero-order chi connectivity index (χ0) is 12.2. The Kier molecular flexibility index (Phi) is 3.93. The minimum atomic E-state index is -3.63. The fourth-order valence-corrected chi connectivity index (χ4v) is 2.58. The summed E-state index contributed by atoms with van der Waals surface area (Å²) in [5.41, 5.74) is 5.80. The number of sulfonamides is 1. The molecule has 0 aromatic heterocycles. The van der Waals surface area contributed by atoms with Crippen LogP contribution < -0.4 is 10.5 Å². The van der Waals surface area contributed by atoms with Crippen molar-refractivity contribution < 1.29 is 8.42 Å². The summed E-state index contributed by atoms with van der Waals surface area (Å²) in [5.74, 6) is 2.37. The summed E-state index contributed by atoms with van der Waals surface area (Å²) >= 11 is 0. The van der Waals surface area contributed by atoms with Gasteiger partial charge in [0, 0.05) is 0 Å². The number of benzene rings is 1. The van der Waals surface area contributed by atoms with Crippen molar-refractivity contribution in [3.05, 3.63) is 24.3 Å². The van der Waals surface area contributed by atoms with Crippen molar-refractivity contribution in [1.29, 1.82) is 0 Å². The topological polar surface area (TPSA) is 72.2 Å². The van der Waals surface area contributed by atoms with E-state index in [9.17, 15) is 8.42 Å². The van der Waals surface area contributed by atoms with Crippen LogP contribution in [-0.2, 0) is 10.0 Å². The number of nitrogen functional groups attached to an aromatic ring is 1. The van der Waals surface area contributed by atoms with Gasteiger partial charge in [-0.05, 0) is 18.6 Å². The molecule has 0 saturated carbocycles. The van der Waals surface area contributed by atoms with Gasteiger partial charge < -0.3 is 5.73 Å². The molecular weight excluding hydrogens is 224 g/mol. The van der Waals surface area contributed by atoms with E-state index in [0.717, 1.165) is 0 Å². The van der Waals surface area contributed by atoms with E-state index in [-0.39, 0.29) is 10.6 Å². The van der Waals surface area contributed by atoms with Crippen LogP contribution in [-0.4, -0.2) is 14.5 Å². The summed E-state index contributed by atoms with van der Waals surface area (Å²) < 4.78 is 26.2. The summed E-state index contributed by atoms with van der Waals surface area (Å²) in [6, 6.07) is 5.76. The molecule has 0 amide bonds. The molecule has 3 N–H and O–H groups in total. The van der Waals surface area contributed by atoms with E-state index in [1.54, 1.807) is 19.1 Å². The number of terminal acetylenes is 1. The first-order valence-electron chi connectivity index (χ1n) is 4.84. The molecule has 1 aromatic carbocycles.